The molecule has 1 aliphatic rings. The van der Waals surface area contributed by atoms with E-state index in [4.69, 9.17) is 14.2 Å². The normalized spacial score (nSPS) is 14.0. The van der Waals surface area contributed by atoms with Crippen molar-refractivity contribution in [1.82, 2.24) is 5.32 Å². The van der Waals surface area contributed by atoms with Crippen LogP contribution in [0.15, 0.2) is 18.2 Å². The Hall–Kier alpha value is -2.12. The lowest BCUT2D eigenvalue weighted by atomic mass is 10.0. The molecular weight excluding hydrogens is 302 g/mol. The fourth-order valence-corrected chi connectivity index (χ4v) is 2.32. The van der Waals surface area contributed by atoms with E-state index >= 15 is 0 Å². The maximum Gasteiger partial charge on any atom is 0.330 e. The van der Waals surface area contributed by atoms with E-state index in [9.17, 15) is 14.7 Å². The second kappa shape index (κ2) is 8.50. The molecule has 0 bridgehead atoms. The van der Waals surface area contributed by atoms with E-state index in [1.165, 1.54) is 0 Å². The Labute approximate surface area is 134 Å². The first kappa shape index (κ1) is 17.2. The monoisotopic (exact) mass is 323 g/mol. The molecule has 2 rings (SSSR count). The summed E-state index contributed by atoms with van der Waals surface area (Å²) >= 11 is 0. The molecule has 0 saturated carbocycles. The van der Waals surface area contributed by atoms with Gasteiger partial charge in [0, 0.05) is 20.0 Å². The van der Waals surface area contributed by atoms with Gasteiger partial charge in [-0.25, -0.2) is 4.79 Å². The van der Waals surface area contributed by atoms with Crippen molar-refractivity contribution in [3.05, 3.63) is 29.3 Å². The van der Waals surface area contributed by atoms with Gasteiger partial charge in [-0.3, -0.25) is 4.79 Å². The molecule has 1 atom stereocenters. The Morgan fingerprint density at radius 3 is 2.91 bits per heavy atom. The Bertz CT molecular complexity index is 560. The minimum Gasteiger partial charge on any atom is -0.493 e. The van der Waals surface area contributed by atoms with Crippen LogP contribution >= 0.6 is 0 Å². The van der Waals surface area contributed by atoms with E-state index < -0.39 is 12.0 Å². The zero-order chi connectivity index (χ0) is 16.7. The standard InChI is InChI=1S/C16H21NO6/c1-21-8-9-22-6-5-14(18)17-15(16(19)20)12-2-3-13-11(10-12)4-7-23-13/h2-3,10,15H,4-9H2,1H3,(H,17,18)(H,19,20). The molecule has 7 heteroatoms. The molecule has 1 aromatic carbocycles. The highest BCUT2D eigenvalue weighted by molar-refractivity contribution is 5.84. The molecular formula is C16H21NO6. The van der Waals surface area contributed by atoms with Gasteiger partial charge in [-0.1, -0.05) is 6.07 Å². The van der Waals surface area contributed by atoms with Gasteiger partial charge in [0.25, 0.3) is 0 Å². The number of nitrogens with one attached hydrogen (secondary N) is 1. The average Bonchev–Trinajstić information content (AvgIpc) is 2.99. The van der Waals surface area contributed by atoms with Crippen LogP contribution in [0.5, 0.6) is 5.75 Å². The van der Waals surface area contributed by atoms with Crippen LogP contribution in [0.25, 0.3) is 0 Å². The van der Waals surface area contributed by atoms with Crippen LogP contribution < -0.4 is 10.1 Å². The molecule has 1 aliphatic heterocycles. The first-order valence-corrected chi connectivity index (χ1v) is 7.46. The number of rotatable bonds is 9. The fourth-order valence-electron chi connectivity index (χ4n) is 2.32. The van der Waals surface area contributed by atoms with Crippen LogP contribution in [0.3, 0.4) is 0 Å². The smallest absolute Gasteiger partial charge is 0.330 e. The number of hydrogen-bond acceptors (Lipinski definition) is 5. The third-order valence-electron chi connectivity index (χ3n) is 3.50. The molecule has 1 amide bonds. The summed E-state index contributed by atoms with van der Waals surface area (Å²) in [7, 11) is 1.56. The SMILES string of the molecule is COCCOCCC(=O)NC(C(=O)O)c1ccc2c(c1)CCO2. The summed E-state index contributed by atoms with van der Waals surface area (Å²) in [5.74, 6) is -0.695. The lowest BCUT2D eigenvalue weighted by molar-refractivity contribution is -0.142. The van der Waals surface area contributed by atoms with E-state index in [0.717, 1.165) is 17.7 Å². The Kier molecular flexibility index (Phi) is 6.37. The maximum absolute atomic E-state index is 11.9. The van der Waals surface area contributed by atoms with E-state index in [2.05, 4.69) is 5.32 Å². The summed E-state index contributed by atoms with van der Waals surface area (Å²) in [5.41, 5.74) is 1.50. The Morgan fingerprint density at radius 1 is 1.35 bits per heavy atom. The molecule has 0 radical (unpaired) electrons. The molecule has 0 aliphatic carbocycles. The van der Waals surface area contributed by atoms with Gasteiger partial charge >= 0.3 is 5.97 Å². The van der Waals surface area contributed by atoms with Gasteiger partial charge < -0.3 is 24.6 Å². The number of ether oxygens (including phenoxy) is 3. The van der Waals surface area contributed by atoms with Crippen molar-refractivity contribution < 1.29 is 28.9 Å². The quantitative estimate of drug-likeness (QED) is 0.656. The predicted octanol–water partition coefficient (Wildman–Crippen LogP) is 0.916. The molecule has 0 saturated heterocycles. The number of hydrogen-bond donors (Lipinski definition) is 2. The van der Waals surface area contributed by atoms with Gasteiger partial charge in [-0.05, 0) is 23.3 Å². The molecule has 23 heavy (non-hydrogen) atoms. The fraction of sp³-hybridized carbons (Fsp3) is 0.500. The Balaban J connectivity index is 1.91. The van der Waals surface area contributed by atoms with Crippen LogP contribution in [0.2, 0.25) is 0 Å². The minimum atomic E-state index is -1.10. The number of carbonyl (C=O) groups is 2. The molecule has 126 valence electrons. The third-order valence-corrected chi connectivity index (χ3v) is 3.50. The predicted molar refractivity (Wildman–Crippen MR) is 81.5 cm³/mol. The highest BCUT2D eigenvalue weighted by Gasteiger charge is 2.24. The van der Waals surface area contributed by atoms with Crippen molar-refractivity contribution in [1.29, 1.82) is 0 Å². The molecule has 0 fully saturated rings. The zero-order valence-electron chi connectivity index (χ0n) is 13.0. The molecule has 7 nitrogen and oxygen atoms in total. The molecule has 1 heterocycles. The number of amides is 1. The Morgan fingerprint density at radius 2 is 2.17 bits per heavy atom. The second-order valence-electron chi connectivity index (χ2n) is 5.16. The molecule has 2 N–H and O–H groups in total. The van der Waals surface area contributed by atoms with Crippen LogP contribution in [0.4, 0.5) is 0 Å². The summed E-state index contributed by atoms with van der Waals surface area (Å²) in [6, 6.07) is 4.11. The van der Waals surface area contributed by atoms with Gasteiger partial charge in [-0.15, -0.1) is 0 Å². The van der Waals surface area contributed by atoms with Crippen LogP contribution in [-0.2, 0) is 25.5 Å². The van der Waals surface area contributed by atoms with Crippen LogP contribution in [0.1, 0.15) is 23.6 Å². The van der Waals surface area contributed by atoms with E-state index in [0.29, 0.717) is 25.4 Å². The number of benzene rings is 1. The summed E-state index contributed by atoms with van der Waals surface area (Å²) in [6.45, 7) is 1.68. The summed E-state index contributed by atoms with van der Waals surface area (Å²) in [6.07, 6.45) is 0.846. The third kappa shape index (κ3) is 4.94. The van der Waals surface area contributed by atoms with E-state index in [1.54, 1.807) is 25.3 Å². The summed E-state index contributed by atoms with van der Waals surface area (Å²) < 4.78 is 15.4. The number of carboxylic acid groups (broad SMARTS) is 1. The van der Waals surface area contributed by atoms with Gasteiger partial charge in [0.05, 0.1) is 26.4 Å². The number of aliphatic carboxylic acids is 1. The summed E-state index contributed by atoms with van der Waals surface area (Å²) in [5, 5.41) is 11.9. The van der Waals surface area contributed by atoms with Gasteiger partial charge in [0.2, 0.25) is 5.91 Å². The lowest BCUT2D eigenvalue weighted by Gasteiger charge is -2.16. The van der Waals surface area contributed by atoms with Gasteiger partial charge in [-0.2, -0.15) is 0 Å². The van der Waals surface area contributed by atoms with Crippen molar-refractivity contribution in [3.63, 3.8) is 0 Å². The molecule has 1 unspecified atom stereocenters. The zero-order valence-corrected chi connectivity index (χ0v) is 13.0. The number of carbonyl (C=O) groups excluding carboxylic acids is 1. The van der Waals surface area contributed by atoms with Crippen molar-refractivity contribution in [2.24, 2.45) is 0 Å². The average molecular weight is 323 g/mol. The van der Waals surface area contributed by atoms with Crippen molar-refractivity contribution in [3.8, 4) is 5.75 Å². The number of methoxy groups -OCH3 is 1. The van der Waals surface area contributed by atoms with Crippen molar-refractivity contribution in [2.75, 3.05) is 33.5 Å². The number of carboxylic acids is 1. The van der Waals surface area contributed by atoms with Crippen LogP contribution in [-0.4, -0.2) is 50.5 Å². The van der Waals surface area contributed by atoms with E-state index in [1.807, 2.05) is 0 Å². The second-order valence-corrected chi connectivity index (χ2v) is 5.16. The first-order chi connectivity index (χ1) is 11.1. The molecule has 0 aromatic heterocycles. The van der Waals surface area contributed by atoms with Gasteiger partial charge in [0.15, 0.2) is 6.04 Å². The summed E-state index contributed by atoms with van der Waals surface area (Å²) in [4.78, 5) is 23.3. The van der Waals surface area contributed by atoms with Crippen molar-refractivity contribution in [2.45, 2.75) is 18.9 Å². The van der Waals surface area contributed by atoms with E-state index in [-0.39, 0.29) is 18.9 Å². The highest BCUT2D eigenvalue weighted by atomic mass is 16.5. The topological polar surface area (TPSA) is 94.1 Å². The minimum absolute atomic E-state index is 0.0988. The lowest BCUT2D eigenvalue weighted by Crippen LogP contribution is -2.34. The highest BCUT2D eigenvalue weighted by Crippen LogP contribution is 2.28. The molecule has 1 aromatic rings. The van der Waals surface area contributed by atoms with Crippen molar-refractivity contribution >= 4 is 11.9 Å². The number of fused-ring (bicyclic) bond motifs is 1. The molecule has 0 spiro atoms. The maximum atomic E-state index is 11.9. The first-order valence-electron chi connectivity index (χ1n) is 7.46. The van der Waals surface area contributed by atoms with Gasteiger partial charge in [0.1, 0.15) is 5.75 Å². The largest absolute Gasteiger partial charge is 0.493 e. The van der Waals surface area contributed by atoms with Crippen LogP contribution in [0, 0.1) is 0 Å².